The average Bonchev–Trinajstić information content (AvgIpc) is 2.33. The van der Waals surface area contributed by atoms with Crippen molar-refractivity contribution in [1.29, 1.82) is 0 Å². The molecule has 0 aliphatic carbocycles. The van der Waals surface area contributed by atoms with Gasteiger partial charge in [0, 0.05) is 18.0 Å². The van der Waals surface area contributed by atoms with Gasteiger partial charge in [0.1, 0.15) is 5.82 Å². The Hall–Kier alpha value is -1.94. The van der Waals surface area contributed by atoms with Gasteiger partial charge in [-0.1, -0.05) is 11.6 Å². The van der Waals surface area contributed by atoms with E-state index < -0.39 is 5.82 Å². The summed E-state index contributed by atoms with van der Waals surface area (Å²) in [5, 5.41) is 9.40. The molecule has 0 saturated carbocycles. The van der Waals surface area contributed by atoms with E-state index in [2.05, 4.69) is 16.7 Å². The molecule has 1 aromatic rings. The Morgan fingerprint density at radius 3 is 2.78 bits per heavy atom. The molecule has 0 heterocycles. The lowest BCUT2D eigenvalue weighted by Crippen LogP contribution is -1.86. The van der Waals surface area contributed by atoms with Crippen LogP contribution in [0.2, 0.25) is 5.02 Å². The summed E-state index contributed by atoms with van der Waals surface area (Å²) < 4.78 is 12.9. The Labute approximate surface area is 110 Å². The van der Waals surface area contributed by atoms with E-state index in [1.807, 2.05) is 0 Å². The molecule has 0 amide bonds. The number of hydrogen-bond acceptors (Lipinski definition) is 3. The fourth-order valence-electron chi connectivity index (χ4n) is 1.10. The number of hydrogen-bond donors (Lipinski definition) is 1. The number of halogens is 2. The quantitative estimate of drug-likeness (QED) is 0.495. The second-order valence-electron chi connectivity index (χ2n) is 3.40. The van der Waals surface area contributed by atoms with Crippen molar-refractivity contribution in [3.8, 4) is 0 Å². The summed E-state index contributed by atoms with van der Waals surface area (Å²) in [5.74, 6) is -0.410. The molecule has 0 saturated heterocycles. The van der Waals surface area contributed by atoms with Gasteiger partial charge in [0.05, 0.1) is 16.5 Å². The van der Waals surface area contributed by atoms with E-state index in [0.29, 0.717) is 11.3 Å². The molecule has 0 unspecified atom stereocenters. The van der Waals surface area contributed by atoms with Crippen molar-refractivity contribution in [2.24, 2.45) is 9.98 Å². The minimum atomic E-state index is -0.500. The van der Waals surface area contributed by atoms with Crippen molar-refractivity contribution in [2.45, 2.75) is 6.92 Å². The molecule has 0 fully saturated rings. The van der Waals surface area contributed by atoms with Gasteiger partial charge in [0.2, 0.25) is 0 Å². The highest BCUT2D eigenvalue weighted by molar-refractivity contribution is 6.31. The Morgan fingerprint density at radius 2 is 2.22 bits per heavy atom. The Balaban J connectivity index is 2.97. The van der Waals surface area contributed by atoms with Gasteiger partial charge in [0.25, 0.3) is 0 Å². The maximum atomic E-state index is 12.9. The van der Waals surface area contributed by atoms with Crippen LogP contribution in [0.15, 0.2) is 51.8 Å². The van der Waals surface area contributed by atoms with Gasteiger partial charge in [-0.3, -0.25) is 9.98 Å². The van der Waals surface area contributed by atoms with Crippen molar-refractivity contribution in [3.05, 3.63) is 52.6 Å². The number of aliphatic hydroxyl groups is 1. The first kappa shape index (κ1) is 14.1. The third-order valence-electron chi connectivity index (χ3n) is 2.03. The van der Waals surface area contributed by atoms with Crippen molar-refractivity contribution >= 4 is 30.2 Å². The zero-order valence-electron chi connectivity index (χ0n) is 9.77. The van der Waals surface area contributed by atoms with E-state index in [-0.39, 0.29) is 10.8 Å². The molecular weight excluding hydrogens is 255 g/mol. The molecule has 3 nitrogen and oxygen atoms in total. The summed E-state index contributed by atoms with van der Waals surface area (Å²) in [6.07, 6.45) is 4.41. The molecule has 18 heavy (non-hydrogen) atoms. The molecule has 0 radical (unpaired) electrons. The summed E-state index contributed by atoms with van der Waals surface area (Å²) in [5.41, 5.74) is 0.961. The number of nitrogens with zero attached hydrogens (tertiary/aromatic N) is 2. The highest BCUT2D eigenvalue weighted by atomic mass is 35.5. The van der Waals surface area contributed by atoms with Gasteiger partial charge < -0.3 is 5.11 Å². The maximum absolute atomic E-state index is 12.9. The lowest BCUT2D eigenvalue weighted by Gasteiger charge is -1.98. The molecule has 1 rings (SSSR count). The number of aliphatic hydroxyl groups excluding tert-OH is 1. The van der Waals surface area contributed by atoms with E-state index >= 15 is 0 Å². The summed E-state index contributed by atoms with van der Waals surface area (Å²) in [6.45, 7) is 4.81. The van der Waals surface area contributed by atoms with E-state index in [1.165, 1.54) is 37.5 Å². The molecule has 0 aliphatic rings. The Bertz CT molecular complexity index is 532. The number of aliphatic imine (C=N–C) groups is 2. The van der Waals surface area contributed by atoms with Crippen LogP contribution in [0.5, 0.6) is 0 Å². The molecular formula is C13H12ClFN2O. The maximum Gasteiger partial charge on any atom is 0.141 e. The second-order valence-corrected chi connectivity index (χ2v) is 3.80. The van der Waals surface area contributed by atoms with Crippen LogP contribution in [-0.4, -0.2) is 18.0 Å². The summed E-state index contributed by atoms with van der Waals surface area (Å²) in [6, 6.07) is 4.11. The lowest BCUT2D eigenvalue weighted by atomic mass is 10.2. The van der Waals surface area contributed by atoms with Crippen LogP contribution in [0.25, 0.3) is 0 Å². The van der Waals surface area contributed by atoms with Crippen LogP contribution in [0.3, 0.4) is 0 Å². The topological polar surface area (TPSA) is 45.0 Å². The average molecular weight is 267 g/mol. The number of rotatable bonds is 4. The summed E-state index contributed by atoms with van der Waals surface area (Å²) in [7, 11) is 0. The van der Waals surface area contributed by atoms with Gasteiger partial charge >= 0.3 is 0 Å². The van der Waals surface area contributed by atoms with Crippen LogP contribution in [0, 0.1) is 5.82 Å². The first-order chi connectivity index (χ1) is 8.54. The monoisotopic (exact) mass is 266 g/mol. The van der Waals surface area contributed by atoms with Gasteiger partial charge in [-0.05, 0) is 37.9 Å². The van der Waals surface area contributed by atoms with Crippen molar-refractivity contribution in [3.63, 3.8) is 0 Å². The largest absolute Gasteiger partial charge is 0.512 e. The van der Waals surface area contributed by atoms with Crippen LogP contribution < -0.4 is 0 Å². The zero-order chi connectivity index (χ0) is 13.5. The second kappa shape index (κ2) is 6.71. The van der Waals surface area contributed by atoms with Crippen molar-refractivity contribution in [2.75, 3.05) is 0 Å². The van der Waals surface area contributed by atoms with Crippen LogP contribution in [0.4, 0.5) is 10.1 Å². The molecule has 1 aromatic carbocycles. The summed E-state index contributed by atoms with van der Waals surface area (Å²) in [4.78, 5) is 7.61. The SMILES string of the molecule is C=N\C=C/C(/C=N/c1ccc(F)c(Cl)c1)=C(\C)O. The molecule has 0 bridgehead atoms. The van der Waals surface area contributed by atoms with Crippen molar-refractivity contribution in [1.82, 2.24) is 0 Å². The smallest absolute Gasteiger partial charge is 0.141 e. The highest BCUT2D eigenvalue weighted by Gasteiger charge is 1.99. The molecule has 1 N–H and O–H groups in total. The molecule has 0 aliphatic heterocycles. The Morgan fingerprint density at radius 1 is 1.50 bits per heavy atom. The minimum Gasteiger partial charge on any atom is -0.512 e. The van der Waals surface area contributed by atoms with Crippen LogP contribution in [0.1, 0.15) is 6.92 Å². The van der Waals surface area contributed by atoms with Gasteiger partial charge in [-0.25, -0.2) is 4.39 Å². The van der Waals surface area contributed by atoms with Crippen LogP contribution >= 0.6 is 11.6 Å². The van der Waals surface area contributed by atoms with E-state index in [4.69, 9.17) is 11.6 Å². The van der Waals surface area contributed by atoms with Crippen molar-refractivity contribution < 1.29 is 9.50 Å². The predicted octanol–water partition coefficient (Wildman–Crippen LogP) is 4.23. The predicted molar refractivity (Wildman–Crippen MR) is 73.6 cm³/mol. The van der Waals surface area contributed by atoms with Gasteiger partial charge in [-0.2, -0.15) is 0 Å². The van der Waals surface area contributed by atoms with Gasteiger partial charge in [-0.15, -0.1) is 0 Å². The third-order valence-corrected chi connectivity index (χ3v) is 2.32. The van der Waals surface area contributed by atoms with E-state index in [0.717, 1.165) is 0 Å². The molecule has 0 atom stereocenters. The van der Waals surface area contributed by atoms with E-state index in [9.17, 15) is 9.50 Å². The number of allylic oxidation sites excluding steroid dienone is 3. The first-order valence-corrected chi connectivity index (χ1v) is 5.43. The number of benzene rings is 1. The van der Waals surface area contributed by atoms with Gasteiger partial charge in [0.15, 0.2) is 0 Å². The normalized spacial score (nSPS) is 13.1. The molecule has 5 heteroatoms. The highest BCUT2D eigenvalue weighted by Crippen LogP contribution is 2.21. The fourth-order valence-corrected chi connectivity index (χ4v) is 1.27. The van der Waals surface area contributed by atoms with Crippen LogP contribution in [-0.2, 0) is 0 Å². The fraction of sp³-hybridized carbons (Fsp3) is 0.0769. The minimum absolute atomic E-state index is 0.000740. The third kappa shape index (κ3) is 4.14. The van der Waals surface area contributed by atoms with E-state index in [1.54, 1.807) is 6.08 Å². The standard InChI is InChI=1S/C13H12ClFN2O/c1-9(18)10(5-6-16-2)8-17-11-3-4-13(15)12(14)7-11/h3-8,18H,2H2,1H3/b6-5-,10-9-,17-8+. The molecule has 0 aromatic heterocycles. The first-order valence-electron chi connectivity index (χ1n) is 5.06. The molecule has 0 spiro atoms. The zero-order valence-corrected chi connectivity index (χ0v) is 10.5. The molecule has 94 valence electrons. The Kier molecular flexibility index (Phi) is 5.27. The lowest BCUT2D eigenvalue weighted by molar-refractivity contribution is 0.412. The summed E-state index contributed by atoms with van der Waals surface area (Å²) >= 11 is 5.63.